The van der Waals surface area contributed by atoms with Gasteiger partial charge in [-0.2, -0.15) is 0 Å². The zero-order valence-electron chi connectivity index (χ0n) is 20.8. The van der Waals surface area contributed by atoms with Crippen LogP contribution in [0.3, 0.4) is 0 Å². The average Bonchev–Trinajstić information content (AvgIpc) is 3.41. The van der Waals surface area contributed by atoms with Gasteiger partial charge in [0, 0.05) is 18.9 Å². The summed E-state index contributed by atoms with van der Waals surface area (Å²) in [5.41, 5.74) is -0.718. The number of carbonyl (C=O) groups excluding carboxylic acids is 3. The normalized spacial score (nSPS) is 26.3. The van der Waals surface area contributed by atoms with E-state index in [1.165, 1.54) is 11.5 Å². The summed E-state index contributed by atoms with van der Waals surface area (Å²) in [6.45, 7) is 6.45. The largest absolute Gasteiger partial charge is 0.455 e. The third-order valence-electron chi connectivity index (χ3n) is 7.47. The van der Waals surface area contributed by atoms with E-state index in [0.29, 0.717) is 22.2 Å². The minimum atomic E-state index is -1.21. The molecule has 37 heavy (non-hydrogen) atoms. The summed E-state index contributed by atoms with van der Waals surface area (Å²) in [6, 6.07) is 13.1. The fraction of sp³-hybridized carbons (Fsp3) is 0.370. The summed E-state index contributed by atoms with van der Waals surface area (Å²) < 4.78 is 12.8. The first-order valence-electron chi connectivity index (χ1n) is 12.2. The van der Waals surface area contributed by atoms with Gasteiger partial charge in [0.25, 0.3) is 5.56 Å². The fourth-order valence-corrected chi connectivity index (χ4v) is 5.89. The van der Waals surface area contributed by atoms with E-state index in [0.717, 1.165) is 0 Å². The van der Waals surface area contributed by atoms with Gasteiger partial charge in [-0.3, -0.25) is 29.2 Å². The van der Waals surface area contributed by atoms with E-state index in [4.69, 9.17) is 9.47 Å². The highest BCUT2D eigenvalue weighted by atomic mass is 16.6. The SMILES string of the molecule is CC(=O)O[C@@H](C)c1nc2ccccc2c(=O)n1[C@@H]1C[C@]2(OC1=O)c1ccccc1N1C(=O)C(C)(C)N[C@H]12. The van der Waals surface area contributed by atoms with Crippen LogP contribution < -0.4 is 15.8 Å². The van der Waals surface area contributed by atoms with Crippen LogP contribution in [0, 0.1) is 0 Å². The lowest BCUT2D eigenvalue weighted by molar-refractivity contribution is -0.152. The molecule has 0 radical (unpaired) electrons. The summed E-state index contributed by atoms with van der Waals surface area (Å²) >= 11 is 0. The van der Waals surface area contributed by atoms with E-state index in [1.807, 2.05) is 24.3 Å². The number of anilines is 1. The molecule has 190 valence electrons. The second-order valence-corrected chi connectivity index (χ2v) is 10.3. The van der Waals surface area contributed by atoms with Crippen molar-refractivity contribution in [3.8, 4) is 0 Å². The zero-order chi connectivity index (χ0) is 26.3. The van der Waals surface area contributed by atoms with E-state index in [1.54, 1.807) is 49.9 Å². The van der Waals surface area contributed by atoms with E-state index in [2.05, 4.69) is 10.3 Å². The number of hydrogen-bond donors (Lipinski definition) is 1. The Hall–Kier alpha value is -4.05. The van der Waals surface area contributed by atoms with Crippen LogP contribution in [-0.2, 0) is 29.5 Å². The molecular formula is C27H26N4O6. The average molecular weight is 503 g/mol. The van der Waals surface area contributed by atoms with Crippen LogP contribution in [0.2, 0.25) is 0 Å². The van der Waals surface area contributed by atoms with Crippen LogP contribution in [0.5, 0.6) is 0 Å². The Morgan fingerprint density at radius 2 is 1.84 bits per heavy atom. The summed E-state index contributed by atoms with van der Waals surface area (Å²) in [5.74, 6) is -1.14. The molecule has 0 saturated carbocycles. The summed E-state index contributed by atoms with van der Waals surface area (Å²) in [4.78, 5) is 58.7. The molecular weight excluding hydrogens is 476 g/mol. The molecule has 0 bridgehead atoms. The topological polar surface area (TPSA) is 120 Å². The quantitative estimate of drug-likeness (QED) is 0.543. The number of nitrogens with one attached hydrogen (secondary N) is 1. The Kier molecular flexibility index (Phi) is 4.87. The van der Waals surface area contributed by atoms with Crippen molar-refractivity contribution in [3.63, 3.8) is 0 Å². The molecule has 1 amide bonds. The van der Waals surface area contributed by atoms with Gasteiger partial charge < -0.3 is 9.47 Å². The lowest BCUT2D eigenvalue weighted by Crippen LogP contribution is -2.51. The van der Waals surface area contributed by atoms with Crippen molar-refractivity contribution in [3.05, 3.63) is 70.3 Å². The van der Waals surface area contributed by atoms with Crippen LogP contribution in [0.25, 0.3) is 10.9 Å². The molecule has 1 aromatic heterocycles. The minimum Gasteiger partial charge on any atom is -0.455 e. The highest BCUT2D eigenvalue weighted by Crippen LogP contribution is 2.55. The van der Waals surface area contributed by atoms with Crippen molar-refractivity contribution in [2.75, 3.05) is 4.90 Å². The van der Waals surface area contributed by atoms with Gasteiger partial charge >= 0.3 is 11.9 Å². The van der Waals surface area contributed by atoms with Crippen LogP contribution in [0.4, 0.5) is 5.69 Å². The van der Waals surface area contributed by atoms with Crippen LogP contribution in [-0.4, -0.2) is 39.1 Å². The molecule has 0 unspecified atom stereocenters. The van der Waals surface area contributed by atoms with Gasteiger partial charge in [-0.15, -0.1) is 0 Å². The first-order valence-corrected chi connectivity index (χ1v) is 12.2. The monoisotopic (exact) mass is 502 g/mol. The third kappa shape index (κ3) is 3.18. The first-order chi connectivity index (χ1) is 17.5. The molecule has 10 heteroatoms. The van der Waals surface area contributed by atoms with E-state index >= 15 is 0 Å². The van der Waals surface area contributed by atoms with E-state index in [9.17, 15) is 19.2 Å². The zero-order valence-corrected chi connectivity index (χ0v) is 20.8. The summed E-state index contributed by atoms with van der Waals surface area (Å²) in [6.07, 6.45) is -1.45. The Morgan fingerprint density at radius 3 is 2.59 bits per heavy atom. The lowest BCUT2D eigenvalue weighted by atomic mass is 9.88. The van der Waals surface area contributed by atoms with Gasteiger partial charge in [0.2, 0.25) is 5.91 Å². The van der Waals surface area contributed by atoms with Crippen molar-refractivity contribution < 1.29 is 23.9 Å². The Labute approximate surface area is 212 Å². The highest BCUT2D eigenvalue weighted by Gasteiger charge is 2.66. The third-order valence-corrected chi connectivity index (χ3v) is 7.47. The number of hydrogen-bond acceptors (Lipinski definition) is 8. The van der Waals surface area contributed by atoms with Crippen molar-refractivity contribution in [2.24, 2.45) is 0 Å². The molecule has 1 N–H and O–H groups in total. The van der Waals surface area contributed by atoms with Crippen molar-refractivity contribution in [1.29, 1.82) is 0 Å². The molecule has 10 nitrogen and oxygen atoms in total. The fourth-order valence-electron chi connectivity index (χ4n) is 5.89. The number of rotatable bonds is 3. The number of fused-ring (bicyclic) bond motifs is 6. The molecule has 2 aromatic carbocycles. The van der Waals surface area contributed by atoms with Crippen LogP contribution in [0.1, 0.15) is 57.6 Å². The number of nitrogens with zero attached hydrogens (tertiary/aromatic N) is 3. The molecule has 3 aromatic rings. The number of benzene rings is 2. The molecule has 4 atom stereocenters. The van der Waals surface area contributed by atoms with E-state index in [-0.39, 0.29) is 18.2 Å². The number of aromatic nitrogens is 2. The lowest BCUT2D eigenvalue weighted by Gasteiger charge is -2.31. The number of amides is 1. The summed E-state index contributed by atoms with van der Waals surface area (Å²) in [5, 5.41) is 3.68. The second-order valence-electron chi connectivity index (χ2n) is 10.3. The molecule has 0 aliphatic carbocycles. The molecule has 2 fully saturated rings. The van der Waals surface area contributed by atoms with Gasteiger partial charge in [-0.1, -0.05) is 30.3 Å². The number of carbonyl (C=O) groups is 3. The smallest absolute Gasteiger partial charge is 0.330 e. The maximum atomic E-state index is 13.8. The molecule has 4 heterocycles. The molecule has 6 rings (SSSR count). The number of esters is 2. The Morgan fingerprint density at radius 1 is 1.14 bits per heavy atom. The molecule has 3 aliphatic heterocycles. The van der Waals surface area contributed by atoms with Gasteiger partial charge in [-0.05, 0) is 39.0 Å². The van der Waals surface area contributed by atoms with Gasteiger partial charge in [-0.25, -0.2) is 9.78 Å². The maximum Gasteiger partial charge on any atom is 0.330 e. The summed E-state index contributed by atoms with van der Waals surface area (Å²) in [7, 11) is 0. The Bertz CT molecular complexity index is 1560. The van der Waals surface area contributed by atoms with Crippen LogP contribution >= 0.6 is 0 Å². The van der Waals surface area contributed by atoms with Crippen molar-refractivity contribution >= 4 is 34.4 Å². The number of para-hydroxylation sites is 2. The molecule has 3 aliphatic rings. The second kappa shape index (κ2) is 7.72. The van der Waals surface area contributed by atoms with Gasteiger partial charge in [0.05, 0.1) is 22.1 Å². The van der Waals surface area contributed by atoms with Crippen molar-refractivity contribution in [1.82, 2.24) is 14.9 Å². The van der Waals surface area contributed by atoms with Gasteiger partial charge in [0.15, 0.2) is 17.5 Å². The highest BCUT2D eigenvalue weighted by molar-refractivity contribution is 6.05. The minimum absolute atomic E-state index is 0.0834. The Balaban J connectivity index is 1.53. The first kappa shape index (κ1) is 23.4. The molecule has 1 spiro atoms. The maximum absolute atomic E-state index is 13.8. The standard InChI is InChI=1S/C27H26N4O6/c1-14(36-15(2)32)21-28-18-11-7-5-9-16(18)22(33)30(21)20-13-27(37-23(20)34)17-10-6-8-12-19(17)31-24(27)29-26(3,4)25(31)35/h5-12,14,20,24,29H,13H2,1-4H3/t14-,20+,24+,27-/m0/s1. The molecule has 2 saturated heterocycles. The van der Waals surface area contributed by atoms with Gasteiger partial charge in [0.1, 0.15) is 12.2 Å². The van der Waals surface area contributed by atoms with Crippen molar-refractivity contribution in [2.45, 2.75) is 63.6 Å². The predicted molar refractivity (Wildman–Crippen MR) is 133 cm³/mol. The number of ether oxygens (including phenoxy) is 2. The van der Waals surface area contributed by atoms with E-state index < -0.39 is 46.9 Å². The predicted octanol–water partition coefficient (Wildman–Crippen LogP) is 2.46. The van der Waals surface area contributed by atoms with Crippen LogP contribution in [0.15, 0.2) is 53.3 Å².